The van der Waals surface area contributed by atoms with E-state index in [-0.39, 0.29) is 0 Å². The molecule has 1 aromatic heterocycles. The molecule has 2 aromatic rings. The third kappa shape index (κ3) is 2.09. The summed E-state index contributed by atoms with van der Waals surface area (Å²) in [5.41, 5.74) is 9.11. The summed E-state index contributed by atoms with van der Waals surface area (Å²) in [6, 6.07) is 5.42. The van der Waals surface area contributed by atoms with E-state index in [1.807, 2.05) is 12.1 Å². The normalized spacial score (nSPS) is 17.7. The van der Waals surface area contributed by atoms with Crippen LogP contribution in [0.3, 0.4) is 0 Å². The van der Waals surface area contributed by atoms with Gasteiger partial charge in [0.2, 0.25) is 5.91 Å². The van der Waals surface area contributed by atoms with E-state index in [4.69, 9.17) is 5.73 Å². The fourth-order valence-corrected chi connectivity index (χ4v) is 2.95. The van der Waals surface area contributed by atoms with E-state index in [1.54, 1.807) is 6.07 Å². The minimum Gasteiger partial charge on any atom is -0.385 e. The molecule has 5 N–H and O–H groups in total. The van der Waals surface area contributed by atoms with E-state index in [9.17, 15) is 15.0 Å². The predicted octanol–water partition coefficient (Wildman–Crippen LogP) is 0.926. The number of nitrogens with two attached hydrogens (primary N) is 1. The first kappa shape index (κ1) is 13.1. The van der Waals surface area contributed by atoms with Crippen LogP contribution in [0.2, 0.25) is 0 Å². The molecule has 1 amide bonds. The number of aromatic nitrogens is 1. The fourth-order valence-electron chi connectivity index (χ4n) is 2.95. The Morgan fingerprint density at radius 2 is 2.00 bits per heavy atom. The number of aliphatic hydroxyl groups excluding tert-OH is 2. The maximum Gasteiger partial charge on any atom is 0.249 e. The Morgan fingerprint density at radius 1 is 1.25 bits per heavy atom. The van der Waals surface area contributed by atoms with Gasteiger partial charge >= 0.3 is 0 Å². The summed E-state index contributed by atoms with van der Waals surface area (Å²) in [6.45, 7) is 0. The summed E-state index contributed by atoms with van der Waals surface area (Å²) in [7, 11) is 0. The third-order valence-electron chi connectivity index (χ3n) is 4.05. The predicted molar refractivity (Wildman–Crippen MR) is 75.1 cm³/mol. The molecule has 0 aliphatic heterocycles. The first-order valence-electron chi connectivity index (χ1n) is 6.87. The van der Waals surface area contributed by atoms with Gasteiger partial charge in [0, 0.05) is 16.6 Å². The Labute approximate surface area is 116 Å². The van der Waals surface area contributed by atoms with E-state index in [0.29, 0.717) is 5.56 Å². The highest BCUT2D eigenvalue weighted by atomic mass is 16.3. The average Bonchev–Trinajstić information content (AvgIpc) is 2.83. The molecule has 0 spiro atoms. The van der Waals surface area contributed by atoms with E-state index in [1.165, 1.54) is 17.7 Å². The molecular formula is C15H18N2O3. The number of carbonyl (C=O) groups is 1. The Balaban J connectivity index is 2.03. The summed E-state index contributed by atoms with van der Waals surface area (Å²) in [6.07, 6.45) is 1.55. The second-order valence-corrected chi connectivity index (χ2v) is 5.39. The van der Waals surface area contributed by atoms with E-state index >= 15 is 0 Å². The summed E-state index contributed by atoms with van der Waals surface area (Å²) in [5.74, 6) is -0.923. The van der Waals surface area contributed by atoms with Gasteiger partial charge in [-0.05, 0) is 48.9 Å². The second kappa shape index (κ2) is 4.92. The van der Waals surface area contributed by atoms with Gasteiger partial charge in [-0.25, -0.2) is 0 Å². The van der Waals surface area contributed by atoms with Gasteiger partial charge in [-0.1, -0.05) is 6.07 Å². The molecule has 3 rings (SSSR count). The maximum absolute atomic E-state index is 11.0. The van der Waals surface area contributed by atoms with Crippen LogP contribution in [0, 0.1) is 0 Å². The molecular weight excluding hydrogens is 256 g/mol. The topological polar surface area (TPSA) is 99.3 Å². The monoisotopic (exact) mass is 274 g/mol. The number of hydrogen-bond acceptors (Lipinski definition) is 3. The van der Waals surface area contributed by atoms with Crippen molar-refractivity contribution in [3.05, 3.63) is 35.0 Å². The van der Waals surface area contributed by atoms with Crippen LogP contribution in [0.25, 0.3) is 10.9 Å². The zero-order valence-corrected chi connectivity index (χ0v) is 11.1. The molecule has 2 atom stereocenters. The number of aliphatic hydroxyl groups is 2. The summed E-state index contributed by atoms with van der Waals surface area (Å²) >= 11 is 0. The van der Waals surface area contributed by atoms with Crippen molar-refractivity contribution in [1.29, 1.82) is 0 Å². The van der Waals surface area contributed by atoms with Gasteiger partial charge in [0.15, 0.2) is 6.10 Å². The van der Waals surface area contributed by atoms with Crippen molar-refractivity contribution in [1.82, 2.24) is 4.98 Å². The smallest absolute Gasteiger partial charge is 0.249 e. The molecule has 1 heterocycles. The van der Waals surface area contributed by atoms with E-state index in [0.717, 1.165) is 30.2 Å². The lowest BCUT2D eigenvalue weighted by molar-refractivity contribution is -0.131. The van der Waals surface area contributed by atoms with Gasteiger partial charge < -0.3 is 20.9 Å². The van der Waals surface area contributed by atoms with Gasteiger partial charge in [-0.15, -0.1) is 0 Å². The number of nitrogens with one attached hydrogen (secondary N) is 1. The van der Waals surface area contributed by atoms with Crippen LogP contribution in [0.4, 0.5) is 0 Å². The van der Waals surface area contributed by atoms with Crippen LogP contribution in [0.1, 0.15) is 35.8 Å². The standard InChI is InChI=1S/C15H18N2O3/c16-15(20)14(19)13(18)8-5-6-12-10(7-8)9-3-1-2-4-11(9)17-12/h5-7,13-14,17-19H,1-4H2,(H2,16,20). The third-order valence-corrected chi connectivity index (χ3v) is 4.05. The molecule has 0 saturated carbocycles. The molecule has 0 bridgehead atoms. The van der Waals surface area contributed by atoms with Crippen molar-refractivity contribution in [2.45, 2.75) is 37.9 Å². The number of rotatable bonds is 3. The highest BCUT2D eigenvalue weighted by Gasteiger charge is 2.24. The molecule has 0 fully saturated rings. The number of aromatic amines is 1. The van der Waals surface area contributed by atoms with Gasteiger partial charge in [0.25, 0.3) is 0 Å². The van der Waals surface area contributed by atoms with Crippen LogP contribution in [0.5, 0.6) is 0 Å². The first-order valence-corrected chi connectivity index (χ1v) is 6.87. The molecule has 1 aliphatic carbocycles. The lowest BCUT2D eigenvalue weighted by atomic mass is 9.94. The molecule has 106 valence electrons. The Hall–Kier alpha value is -1.85. The van der Waals surface area contributed by atoms with Crippen molar-refractivity contribution < 1.29 is 15.0 Å². The van der Waals surface area contributed by atoms with E-state index < -0.39 is 18.1 Å². The Morgan fingerprint density at radius 3 is 2.75 bits per heavy atom. The molecule has 2 unspecified atom stereocenters. The van der Waals surface area contributed by atoms with Crippen molar-refractivity contribution in [2.75, 3.05) is 0 Å². The molecule has 1 aromatic carbocycles. The Kier molecular flexibility index (Phi) is 3.23. The van der Waals surface area contributed by atoms with Crippen molar-refractivity contribution in [3.8, 4) is 0 Å². The number of fused-ring (bicyclic) bond motifs is 3. The maximum atomic E-state index is 11.0. The molecule has 5 heteroatoms. The minimum atomic E-state index is -1.58. The van der Waals surface area contributed by atoms with Crippen LogP contribution in [-0.2, 0) is 17.6 Å². The SMILES string of the molecule is NC(=O)C(O)C(O)c1ccc2[nH]c3c(c2c1)CCCC3. The first-order chi connectivity index (χ1) is 9.58. The molecule has 0 radical (unpaired) electrons. The van der Waals surface area contributed by atoms with Crippen LogP contribution < -0.4 is 5.73 Å². The number of benzene rings is 1. The number of aryl methyl sites for hydroxylation is 2. The van der Waals surface area contributed by atoms with Gasteiger partial charge in [-0.2, -0.15) is 0 Å². The fraction of sp³-hybridized carbons (Fsp3) is 0.400. The quantitative estimate of drug-likeness (QED) is 0.670. The van der Waals surface area contributed by atoms with Crippen molar-refractivity contribution in [3.63, 3.8) is 0 Å². The number of carbonyl (C=O) groups excluding carboxylic acids is 1. The van der Waals surface area contributed by atoms with Gasteiger partial charge in [0.05, 0.1) is 0 Å². The van der Waals surface area contributed by atoms with Gasteiger partial charge in [0.1, 0.15) is 6.10 Å². The number of amides is 1. The van der Waals surface area contributed by atoms with Crippen LogP contribution >= 0.6 is 0 Å². The van der Waals surface area contributed by atoms with Crippen LogP contribution in [0.15, 0.2) is 18.2 Å². The number of H-pyrrole nitrogens is 1. The lowest BCUT2D eigenvalue weighted by Crippen LogP contribution is -2.33. The van der Waals surface area contributed by atoms with Crippen molar-refractivity contribution in [2.24, 2.45) is 5.73 Å². The van der Waals surface area contributed by atoms with Gasteiger partial charge in [-0.3, -0.25) is 4.79 Å². The lowest BCUT2D eigenvalue weighted by Gasteiger charge is -2.15. The minimum absolute atomic E-state index is 0.510. The largest absolute Gasteiger partial charge is 0.385 e. The highest BCUT2D eigenvalue weighted by molar-refractivity contribution is 5.86. The summed E-state index contributed by atoms with van der Waals surface area (Å²) in [5, 5.41) is 20.6. The summed E-state index contributed by atoms with van der Waals surface area (Å²) < 4.78 is 0. The second-order valence-electron chi connectivity index (χ2n) is 5.39. The summed E-state index contributed by atoms with van der Waals surface area (Å²) in [4.78, 5) is 14.4. The highest BCUT2D eigenvalue weighted by Crippen LogP contribution is 2.31. The van der Waals surface area contributed by atoms with Crippen LogP contribution in [-0.4, -0.2) is 27.2 Å². The zero-order valence-electron chi connectivity index (χ0n) is 11.1. The number of primary amides is 1. The average molecular weight is 274 g/mol. The van der Waals surface area contributed by atoms with E-state index in [2.05, 4.69) is 4.98 Å². The molecule has 1 aliphatic rings. The molecule has 0 saturated heterocycles. The van der Waals surface area contributed by atoms with Crippen molar-refractivity contribution >= 4 is 16.8 Å². The molecule has 20 heavy (non-hydrogen) atoms. The Bertz CT molecular complexity index is 662. The number of hydrogen-bond donors (Lipinski definition) is 4. The zero-order chi connectivity index (χ0) is 14.3. The molecule has 5 nitrogen and oxygen atoms in total.